The Morgan fingerprint density at radius 1 is 1.38 bits per heavy atom. The summed E-state index contributed by atoms with van der Waals surface area (Å²) in [6.07, 6.45) is 3.53. The van der Waals surface area contributed by atoms with Gasteiger partial charge >= 0.3 is 0 Å². The van der Waals surface area contributed by atoms with Crippen LogP contribution in [0.5, 0.6) is 5.75 Å². The lowest BCUT2D eigenvalue weighted by Crippen LogP contribution is -2.42. The topological polar surface area (TPSA) is 52.0 Å². The number of nitrogens with zero attached hydrogens (tertiary/aromatic N) is 3. The normalized spacial score (nSPS) is 18.6. The van der Waals surface area contributed by atoms with E-state index in [1.807, 2.05) is 23.9 Å². The van der Waals surface area contributed by atoms with E-state index in [0.29, 0.717) is 6.04 Å². The zero-order chi connectivity index (χ0) is 14.8. The molecule has 3 rings (SSSR count). The summed E-state index contributed by atoms with van der Waals surface area (Å²) >= 11 is 0. The summed E-state index contributed by atoms with van der Waals surface area (Å²) in [5.74, 6) is 2.01. The molecule has 1 N–H and O–H groups in total. The van der Waals surface area contributed by atoms with Gasteiger partial charge in [0.05, 0.1) is 6.04 Å². The Bertz CT molecular complexity index is 583. The number of fused-ring (bicyclic) bond motifs is 1. The Morgan fingerprint density at radius 2 is 2.19 bits per heavy atom. The number of benzene rings is 1. The van der Waals surface area contributed by atoms with E-state index >= 15 is 0 Å². The highest BCUT2D eigenvalue weighted by Crippen LogP contribution is 2.30. The summed E-state index contributed by atoms with van der Waals surface area (Å²) in [7, 11) is 1.98. The highest BCUT2D eigenvalue weighted by molar-refractivity contribution is 5.37. The van der Waals surface area contributed by atoms with Crippen molar-refractivity contribution in [3.8, 4) is 5.75 Å². The molecule has 0 bridgehead atoms. The van der Waals surface area contributed by atoms with Crippen LogP contribution in [-0.2, 0) is 12.8 Å². The molecule has 2 aromatic rings. The lowest BCUT2D eigenvalue weighted by Gasteiger charge is -2.23. The van der Waals surface area contributed by atoms with Crippen molar-refractivity contribution in [1.29, 1.82) is 0 Å². The second-order valence-electron chi connectivity index (χ2n) is 5.78. The van der Waals surface area contributed by atoms with Crippen molar-refractivity contribution in [3.05, 3.63) is 42.0 Å². The van der Waals surface area contributed by atoms with Crippen LogP contribution in [0.15, 0.2) is 30.6 Å². The van der Waals surface area contributed by atoms with E-state index in [4.69, 9.17) is 4.74 Å². The largest absolute Gasteiger partial charge is 0.488 e. The van der Waals surface area contributed by atoms with Crippen molar-refractivity contribution in [3.63, 3.8) is 0 Å². The van der Waals surface area contributed by atoms with E-state index in [1.165, 1.54) is 5.56 Å². The molecule has 2 unspecified atom stereocenters. The van der Waals surface area contributed by atoms with E-state index in [1.54, 1.807) is 6.33 Å². The first-order valence-corrected chi connectivity index (χ1v) is 7.49. The molecule has 1 aromatic heterocycles. The van der Waals surface area contributed by atoms with Crippen molar-refractivity contribution in [2.45, 2.75) is 44.9 Å². The number of likely N-dealkylation sites (N-methyl/N-ethyl adjacent to an activating group) is 1. The van der Waals surface area contributed by atoms with E-state index in [0.717, 1.165) is 24.4 Å². The minimum absolute atomic E-state index is 0.143. The van der Waals surface area contributed by atoms with E-state index in [2.05, 4.69) is 41.4 Å². The second kappa shape index (κ2) is 5.85. The minimum Gasteiger partial charge on any atom is -0.488 e. The molecule has 112 valence electrons. The summed E-state index contributed by atoms with van der Waals surface area (Å²) < 4.78 is 8.07. The van der Waals surface area contributed by atoms with Crippen molar-refractivity contribution in [2.75, 3.05) is 7.05 Å². The zero-order valence-corrected chi connectivity index (χ0v) is 12.8. The van der Waals surface area contributed by atoms with Gasteiger partial charge in [0.15, 0.2) is 0 Å². The first-order chi connectivity index (χ1) is 10.2. The van der Waals surface area contributed by atoms with E-state index in [9.17, 15) is 0 Å². The van der Waals surface area contributed by atoms with E-state index < -0.39 is 0 Å². The molecule has 1 aromatic carbocycles. The predicted molar refractivity (Wildman–Crippen MR) is 81.5 cm³/mol. The summed E-state index contributed by atoms with van der Waals surface area (Å²) in [6.45, 7) is 4.24. The Hall–Kier alpha value is -1.88. The molecule has 0 amide bonds. The lowest BCUT2D eigenvalue weighted by molar-refractivity contribution is 0.179. The zero-order valence-electron chi connectivity index (χ0n) is 12.8. The van der Waals surface area contributed by atoms with Crippen LogP contribution in [0.1, 0.15) is 31.3 Å². The van der Waals surface area contributed by atoms with Gasteiger partial charge in [-0.25, -0.2) is 9.67 Å². The number of hydrogen-bond acceptors (Lipinski definition) is 4. The Kier molecular flexibility index (Phi) is 3.92. The molecule has 0 fully saturated rings. The molecule has 2 atom stereocenters. The van der Waals surface area contributed by atoms with Crippen LogP contribution in [0.4, 0.5) is 0 Å². The number of nitrogens with one attached hydrogen (secondary N) is 1. The van der Waals surface area contributed by atoms with Crippen LogP contribution in [0, 0.1) is 0 Å². The standard InChI is InChI=1S/C16H22N4O/c1-11(2)20-16(18-10-19-20)9-13(17-3)15-8-12-6-4-5-7-14(12)21-15/h4-7,10-11,13,15,17H,8-9H2,1-3H3. The van der Waals surface area contributed by atoms with Crippen LogP contribution in [0.25, 0.3) is 0 Å². The Balaban J connectivity index is 1.74. The molecular weight excluding hydrogens is 264 g/mol. The molecule has 0 radical (unpaired) electrons. The molecule has 2 heterocycles. The average molecular weight is 286 g/mol. The third-order valence-electron chi connectivity index (χ3n) is 4.03. The van der Waals surface area contributed by atoms with Crippen molar-refractivity contribution in [1.82, 2.24) is 20.1 Å². The van der Waals surface area contributed by atoms with Crippen LogP contribution in [0.2, 0.25) is 0 Å². The van der Waals surface area contributed by atoms with Gasteiger partial charge in [-0.05, 0) is 32.5 Å². The van der Waals surface area contributed by atoms with Crippen LogP contribution in [0.3, 0.4) is 0 Å². The minimum atomic E-state index is 0.143. The maximum atomic E-state index is 6.09. The van der Waals surface area contributed by atoms with Crippen molar-refractivity contribution < 1.29 is 4.74 Å². The van der Waals surface area contributed by atoms with Gasteiger partial charge < -0.3 is 10.1 Å². The SMILES string of the molecule is CNC(Cc1ncnn1C(C)C)C1Cc2ccccc2O1. The Morgan fingerprint density at radius 3 is 2.90 bits per heavy atom. The first-order valence-electron chi connectivity index (χ1n) is 7.49. The Labute approximate surface area is 125 Å². The summed E-state index contributed by atoms with van der Waals surface area (Å²) in [5.41, 5.74) is 1.29. The molecule has 21 heavy (non-hydrogen) atoms. The van der Waals surface area contributed by atoms with Crippen LogP contribution >= 0.6 is 0 Å². The molecule has 0 saturated carbocycles. The molecular formula is C16H22N4O. The van der Waals surface area contributed by atoms with Gasteiger partial charge in [-0.1, -0.05) is 18.2 Å². The molecule has 1 aliphatic heterocycles. The third kappa shape index (κ3) is 2.78. The van der Waals surface area contributed by atoms with Gasteiger partial charge in [-0.3, -0.25) is 0 Å². The fourth-order valence-corrected chi connectivity index (χ4v) is 2.90. The van der Waals surface area contributed by atoms with Gasteiger partial charge in [0.25, 0.3) is 0 Å². The maximum absolute atomic E-state index is 6.09. The summed E-state index contributed by atoms with van der Waals surface area (Å²) in [5, 5.41) is 7.68. The number of ether oxygens (including phenoxy) is 1. The van der Waals surface area contributed by atoms with Gasteiger partial charge in [-0.15, -0.1) is 0 Å². The molecule has 0 saturated heterocycles. The predicted octanol–water partition coefficient (Wildman–Crippen LogP) is 1.99. The number of para-hydroxylation sites is 1. The first kappa shape index (κ1) is 14.1. The summed E-state index contributed by atoms with van der Waals surface area (Å²) in [6, 6.07) is 8.80. The quantitative estimate of drug-likeness (QED) is 0.913. The fraction of sp³-hybridized carbons (Fsp3) is 0.500. The molecule has 1 aliphatic rings. The molecule has 5 nitrogen and oxygen atoms in total. The third-order valence-corrected chi connectivity index (χ3v) is 4.03. The maximum Gasteiger partial charge on any atom is 0.138 e. The number of aromatic nitrogens is 3. The highest BCUT2D eigenvalue weighted by atomic mass is 16.5. The van der Waals surface area contributed by atoms with Crippen LogP contribution in [-0.4, -0.2) is 34.0 Å². The highest BCUT2D eigenvalue weighted by Gasteiger charge is 2.30. The van der Waals surface area contributed by atoms with Gasteiger partial charge in [-0.2, -0.15) is 5.10 Å². The summed E-state index contributed by atoms with van der Waals surface area (Å²) in [4.78, 5) is 4.40. The van der Waals surface area contributed by atoms with Crippen molar-refractivity contribution in [2.24, 2.45) is 0 Å². The number of hydrogen-bond donors (Lipinski definition) is 1. The van der Waals surface area contributed by atoms with Gasteiger partial charge in [0, 0.05) is 18.9 Å². The van der Waals surface area contributed by atoms with Crippen LogP contribution < -0.4 is 10.1 Å². The molecule has 0 spiro atoms. The van der Waals surface area contributed by atoms with Gasteiger partial charge in [0.1, 0.15) is 24.0 Å². The van der Waals surface area contributed by atoms with Gasteiger partial charge in [0.2, 0.25) is 0 Å². The smallest absolute Gasteiger partial charge is 0.138 e. The monoisotopic (exact) mass is 286 g/mol. The average Bonchev–Trinajstić information content (AvgIpc) is 3.10. The second-order valence-corrected chi connectivity index (χ2v) is 5.78. The van der Waals surface area contributed by atoms with Crippen molar-refractivity contribution >= 4 is 0 Å². The molecule has 0 aliphatic carbocycles. The fourth-order valence-electron chi connectivity index (χ4n) is 2.90. The molecule has 5 heteroatoms. The van der Waals surface area contributed by atoms with E-state index in [-0.39, 0.29) is 12.1 Å². The number of rotatable bonds is 5. The lowest BCUT2D eigenvalue weighted by atomic mass is 10.0.